The fraction of sp³-hybridized carbons (Fsp3) is 0.286. The van der Waals surface area contributed by atoms with Gasteiger partial charge in [0, 0.05) is 31.3 Å². The molecule has 2 N–H and O–H groups in total. The topological polar surface area (TPSA) is 91.8 Å². The van der Waals surface area contributed by atoms with Crippen LogP contribution in [0.1, 0.15) is 28.9 Å². The van der Waals surface area contributed by atoms with E-state index in [9.17, 15) is 4.79 Å². The lowest BCUT2D eigenvalue weighted by atomic mass is 10.1. The van der Waals surface area contributed by atoms with E-state index in [-0.39, 0.29) is 5.56 Å². The second kappa shape index (κ2) is 11.7. The number of imidazole rings is 1. The quantitative estimate of drug-likeness (QED) is 0.286. The molecule has 0 saturated carbocycles. The van der Waals surface area contributed by atoms with Crippen LogP contribution < -0.4 is 15.2 Å². The van der Waals surface area contributed by atoms with Gasteiger partial charge in [0.25, 0.3) is 0 Å². The summed E-state index contributed by atoms with van der Waals surface area (Å²) < 4.78 is 19.6. The molecule has 4 aromatic rings. The van der Waals surface area contributed by atoms with Gasteiger partial charge in [0.05, 0.1) is 45.4 Å². The van der Waals surface area contributed by atoms with Crippen molar-refractivity contribution in [3.8, 4) is 17.2 Å². The Morgan fingerprint density at radius 2 is 1.95 bits per heavy atom. The second-order valence-electron chi connectivity index (χ2n) is 9.03. The van der Waals surface area contributed by atoms with Gasteiger partial charge in [-0.25, -0.2) is 4.98 Å². The van der Waals surface area contributed by atoms with Crippen LogP contribution in [0.15, 0.2) is 65.8 Å². The van der Waals surface area contributed by atoms with Gasteiger partial charge in [0.1, 0.15) is 30.5 Å². The van der Waals surface area contributed by atoms with Gasteiger partial charge < -0.3 is 19.9 Å². The van der Waals surface area contributed by atoms with Crippen molar-refractivity contribution in [1.29, 1.82) is 0 Å². The number of hydrogen-bond donors (Lipinski definition) is 2. The first-order valence-corrected chi connectivity index (χ1v) is 13.2. The zero-order chi connectivity index (χ0) is 26.6. The van der Waals surface area contributed by atoms with Crippen molar-refractivity contribution < 1.29 is 19.0 Å². The Labute approximate surface area is 231 Å². The number of aromatic nitrogens is 2. The molecule has 1 aliphatic heterocycles. The number of carbonyl (C=O) groups excluding carboxylic acids is 1. The maximum atomic E-state index is 12.3. The summed E-state index contributed by atoms with van der Waals surface area (Å²) in [6.45, 7) is 6.48. The van der Waals surface area contributed by atoms with Crippen LogP contribution in [0.5, 0.6) is 11.5 Å². The molecule has 1 aliphatic rings. The van der Waals surface area contributed by atoms with Crippen LogP contribution in [0.4, 0.5) is 0 Å². The number of carbonyl (C=O) groups is 1. The van der Waals surface area contributed by atoms with Crippen molar-refractivity contribution in [3.05, 3.63) is 77.1 Å². The number of benzene rings is 3. The van der Waals surface area contributed by atoms with E-state index < -0.39 is 12.0 Å². The summed E-state index contributed by atoms with van der Waals surface area (Å²) in [7, 11) is 0. The zero-order valence-electron chi connectivity index (χ0n) is 21.0. The average Bonchev–Trinajstić information content (AvgIpc) is 3.35. The summed E-state index contributed by atoms with van der Waals surface area (Å²) in [5.74, 6) is 0.391. The van der Waals surface area contributed by atoms with Gasteiger partial charge in [0.15, 0.2) is 0 Å². The number of fused-ring (bicyclic) bond motifs is 1. The number of halogens is 1. The average molecular weight is 553 g/mol. The molecule has 1 saturated heterocycles. The van der Waals surface area contributed by atoms with Gasteiger partial charge in [-0.15, -0.1) is 12.6 Å². The van der Waals surface area contributed by atoms with E-state index in [1.807, 2.05) is 60.0 Å². The summed E-state index contributed by atoms with van der Waals surface area (Å²) in [6.07, 6.45) is 1.23. The zero-order valence-corrected chi connectivity index (χ0v) is 22.6. The van der Waals surface area contributed by atoms with Crippen LogP contribution in [-0.2, 0) is 4.74 Å². The van der Waals surface area contributed by atoms with Crippen molar-refractivity contribution in [2.75, 3.05) is 39.5 Å². The molecule has 3 aromatic carbocycles. The molecule has 2 heterocycles. The van der Waals surface area contributed by atoms with Gasteiger partial charge >= 0.3 is 0 Å². The maximum Gasteiger partial charge on any atom is 0.250 e. The summed E-state index contributed by atoms with van der Waals surface area (Å²) in [5.41, 5.74) is 9.08. The highest BCUT2D eigenvalue weighted by molar-refractivity contribution is 7.80. The third kappa shape index (κ3) is 5.61. The van der Waals surface area contributed by atoms with Crippen molar-refractivity contribution in [1.82, 2.24) is 14.5 Å². The largest absolute Gasteiger partial charge is 0.491 e. The maximum absolute atomic E-state index is 12.3. The summed E-state index contributed by atoms with van der Waals surface area (Å²) in [6, 6.07) is 16.9. The van der Waals surface area contributed by atoms with E-state index in [4.69, 9.17) is 31.5 Å². The molecule has 1 fully saturated rings. The lowest BCUT2D eigenvalue weighted by Gasteiger charge is -2.26. The minimum atomic E-state index is -0.604. The predicted octanol–water partition coefficient (Wildman–Crippen LogP) is 4.92. The Kier molecular flexibility index (Phi) is 8.09. The lowest BCUT2D eigenvalue weighted by Crippen LogP contribution is -2.38. The van der Waals surface area contributed by atoms with Crippen LogP contribution in [0.3, 0.4) is 0 Å². The van der Waals surface area contributed by atoms with E-state index in [1.54, 1.807) is 12.4 Å². The molecule has 0 radical (unpaired) electrons. The van der Waals surface area contributed by atoms with Crippen molar-refractivity contribution in [3.63, 3.8) is 0 Å². The fourth-order valence-corrected chi connectivity index (χ4v) is 5.12. The molecule has 198 valence electrons. The van der Waals surface area contributed by atoms with E-state index >= 15 is 0 Å². The van der Waals surface area contributed by atoms with Gasteiger partial charge in [-0.1, -0.05) is 35.9 Å². The van der Waals surface area contributed by atoms with Crippen LogP contribution in [0, 0.1) is 0 Å². The van der Waals surface area contributed by atoms with Gasteiger partial charge in [-0.3, -0.25) is 14.3 Å². The molecule has 0 unspecified atom stereocenters. The normalized spacial score (nSPS) is 14.9. The molecule has 1 amide bonds. The number of hydrogen-bond acceptors (Lipinski definition) is 7. The standard InChI is InChI=1S/C28H29ClN4O4S/c1-18(20-5-4-8-24(26(20)29)36-14-11-32-9-12-35-13-10-32)37-25-16-19(15-21(27(25)38)28(30)34)33-17-31-22-6-2-3-7-23(22)33/h2-8,15-18,38H,9-14H2,1H3,(H2,30,34)/t18-/m1/s1. The number of para-hydroxylation sites is 2. The number of amides is 1. The highest BCUT2D eigenvalue weighted by atomic mass is 35.5. The Balaban J connectivity index is 1.39. The van der Waals surface area contributed by atoms with Crippen LogP contribution in [0.2, 0.25) is 5.02 Å². The highest BCUT2D eigenvalue weighted by Crippen LogP contribution is 2.37. The number of nitrogens with two attached hydrogens (primary N) is 1. The molecule has 1 aromatic heterocycles. The van der Waals surface area contributed by atoms with Gasteiger partial charge in [0.2, 0.25) is 5.91 Å². The Bertz CT molecular complexity index is 1450. The van der Waals surface area contributed by atoms with E-state index in [2.05, 4.69) is 22.5 Å². The monoisotopic (exact) mass is 552 g/mol. The fourth-order valence-electron chi connectivity index (χ4n) is 4.49. The van der Waals surface area contributed by atoms with E-state index in [0.29, 0.717) is 33.7 Å². The third-order valence-corrected chi connectivity index (χ3v) is 7.43. The molecule has 38 heavy (non-hydrogen) atoms. The Morgan fingerprint density at radius 1 is 1.16 bits per heavy atom. The number of morpholine rings is 1. The summed E-state index contributed by atoms with van der Waals surface area (Å²) in [4.78, 5) is 19.4. The molecule has 0 aliphatic carbocycles. The summed E-state index contributed by atoms with van der Waals surface area (Å²) >= 11 is 11.3. The predicted molar refractivity (Wildman–Crippen MR) is 150 cm³/mol. The molecular weight excluding hydrogens is 524 g/mol. The first-order valence-electron chi connectivity index (χ1n) is 12.4. The van der Waals surface area contributed by atoms with E-state index in [1.165, 1.54) is 0 Å². The Morgan fingerprint density at radius 3 is 2.74 bits per heavy atom. The first-order chi connectivity index (χ1) is 18.4. The molecule has 8 nitrogen and oxygen atoms in total. The number of ether oxygens (including phenoxy) is 3. The van der Waals surface area contributed by atoms with Crippen molar-refractivity contribution >= 4 is 41.2 Å². The molecule has 0 bridgehead atoms. The summed E-state index contributed by atoms with van der Waals surface area (Å²) in [5, 5.41) is 0.481. The molecule has 1 atom stereocenters. The highest BCUT2D eigenvalue weighted by Gasteiger charge is 2.20. The first kappa shape index (κ1) is 26.4. The van der Waals surface area contributed by atoms with Gasteiger partial charge in [-0.2, -0.15) is 0 Å². The van der Waals surface area contributed by atoms with Crippen LogP contribution in [-0.4, -0.2) is 59.8 Å². The molecule has 0 spiro atoms. The number of nitrogens with zero attached hydrogens (tertiary/aromatic N) is 3. The Hall–Kier alpha value is -3.24. The molecular formula is C28H29ClN4O4S. The number of rotatable bonds is 9. The third-order valence-electron chi connectivity index (χ3n) is 6.56. The van der Waals surface area contributed by atoms with Crippen LogP contribution >= 0.6 is 24.2 Å². The van der Waals surface area contributed by atoms with Crippen LogP contribution in [0.25, 0.3) is 16.7 Å². The minimum Gasteiger partial charge on any atom is -0.491 e. The number of primary amides is 1. The minimum absolute atomic E-state index is 0.247. The molecule has 5 rings (SSSR count). The van der Waals surface area contributed by atoms with Gasteiger partial charge in [-0.05, 0) is 31.2 Å². The molecule has 10 heteroatoms. The lowest BCUT2D eigenvalue weighted by molar-refractivity contribution is 0.0322. The van der Waals surface area contributed by atoms with Crippen molar-refractivity contribution in [2.45, 2.75) is 17.9 Å². The smallest absolute Gasteiger partial charge is 0.250 e. The number of thiol groups is 1. The SMILES string of the molecule is C[C@@H](Oc1cc(-n2cnc3ccccc32)cc(C(N)=O)c1S)c1cccc(OCCN2CCOCC2)c1Cl. The van der Waals surface area contributed by atoms with E-state index in [0.717, 1.165) is 49.4 Å². The van der Waals surface area contributed by atoms with Crippen molar-refractivity contribution in [2.24, 2.45) is 5.73 Å². The second-order valence-corrected chi connectivity index (χ2v) is 9.85.